The molecule has 4 unspecified atom stereocenters. The number of carbonyl (C=O) groups excluding carboxylic acids is 3. The van der Waals surface area contributed by atoms with E-state index >= 15 is 4.79 Å². The lowest BCUT2D eigenvalue weighted by atomic mass is 9.76. The van der Waals surface area contributed by atoms with Crippen LogP contribution in [0, 0.1) is 28.6 Å². The van der Waals surface area contributed by atoms with Crippen molar-refractivity contribution >= 4 is 45.1 Å². The van der Waals surface area contributed by atoms with Crippen molar-refractivity contribution in [2.24, 2.45) is 33.6 Å². The zero-order valence-electron chi connectivity index (χ0n) is 51.2. The number of hydrogen-bond donors (Lipinski definition) is 1. The van der Waals surface area contributed by atoms with E-state index in [1.807, 2.05) is 36.4 Å². The highest BCUT2D eigenvalue weighted by Crippen LogP contribution is 2.41. The second kappa shape index (κ2) is 29.2. The van der Waals surface area contributed by atoms with Gasteiger partial charge < -0.3 is 19.5 Å². The van der Waals surface area contributed by atoms with Crippen molar-refractivity contribution in [2.45, 2.75) is 247 Å². The summed E-state index contributed by atoms with van der Waals surface area (Å²) in [7, 11) is -4.33. The Hall–Kier alpha value is -4.91. The van der Waals surface area contributed by atoms with Crippen LogP contribution in [0.3, 0.4) is 0 Å². The quantitative estimate of drug-likeness (QED) is 0.0609. The number of para-hydroxylation sites is 3. The molecule has 13 heteroatoms. The maximum absolute atomic E-state index is 15.5. The number of nitrogens with zero attached hydrogens (tertiary/aromatic N) is 3. The number of amidine groups is 1. The summed E-state index contributed by atoms with van der Waals surface area (Å²) < 4.78 is 49.8. The number of amides is 3. The summed E-state index contributed by atoms with van der Waals surface area (Å²) >= 11 is 0. The van der Waals surface area contributed by atoms with Crippen LogP contribution < -0.4 is 14.8 Å². The number of benzene rings is 3. The van der Waals surface area contributed by atoms with Crippen molar-refractivity contribution < 1.29 is 37.0 Å². The first-order valence-electron chi connectivity index (χ1n) is 30.2. The van der Waals surface area contributed by atoms with E-state index in [-0.39, 0.29) is 50.6 Å². The van der Waals surface area contributed by atoms with E-state index in [9.17, 15) is 18.0 Å². The smallest absolute Gasteiger partial charge is 0.418 e. The number of unbranched alkanes of at least 4 members (excludes halogenated alkanes) is 15. The van der Waals surface area contributed by atoms with E-state index in [0.29, 0.717) is 42.3 Å². The standard InChI is InChI=1S/C66H102N4O8S/c1-15-16-17-18-19-20-21-22-23-24-25-26-27-28-29-34-43-69-59(67-52-35-30-33-38-57(52)79(69,74)75)58(70-61(72)66(13,14)78-62(70)73)60(71)68-53-44-51(65(10,11)12)41-42-54(53)77-56-37-32-31-36-55(56)76-47-50(49(3)46-64(7,8)9)40-39-48(2)45-63(4,5)6/h30-33,35-38,41-42,44,48-50,58H,15-29,34,39-40,43,45-47H2,1-14H3,(H,68,71). The minimum atomic E-state index is -4.33. The van der Waals surface area contributed by atoms with Crippen LogP contribution in [-0.4, -0.2) is 66.2 Å². The third-order valence-electron chi connectivity index (χ3n) is 15.5. The Kier molecular flexibility index (Phi) is 24.0. The molecule has 12 nitrogen and oxygen atoms in total. The van der Waals surface area contributed by atoms with Gasteiger partial charge in [0.2, 0.25) is 0 Å². The molecule has 1 N–H and O–H groups in total. The van der Waals surface area contributed by atoms with E-state index < -0.39 is 39.6 Å². The summed E-state index contributed by atoms with van der Waals surface area (Å²) in [4.78, 5) is 49.3. The molecule has 5 rings (SSSR count). The molecule has 2 aliphatic rings. The number of ether oxygens (including phenoxy) is 3. The van der Waals surface area contributed by atoms with Crippen LogP contribution in [-0.2, 0) is 29.8 Å². The van der Waals surface area contributed by atoms with Gasteiger partial charge in [0.05, 0.1) is 18.0 Å². The summed E-state index contributed by atoms with van der Waals surface area (Å²) in [6.45, 7) is 30.2. The third kappa shape index (κ3) is 19.7. The van der Waals surface area contributed by atoms with Gasteiger partial charge in [-0.05, 0) is 115 Å². The molecule has 1 fully saturated rings. The number of rotatable bonds is 32. The number of nitrogens with one attached hydrogen (secondary N) is 1. The monoisotopic (exact) mass is 1110 g/mol. The van der Waals surface area contributed by atoms with Crippen LogP contribution in [0.25, 0.3) is 0 Å². The van der Waals surface area contributed by atoms with Crippen molar-refractivity contribution in [3.8, 4) is 17.2 Å². The predicted molar refractivity (Wildman–Crippen MR) is 323 cm³/mol. The molecule has 2 heterocycles. The van der Waals surface area contributed by atoms with E-state index in [4.69, 9.17) is 19.2 Å². The first-order valence-corrected chi connectivity index (χ1v) is 31.7. The number of hydrogen-bond acceptors (Lipinski definition) is 9. The van der Waals surface area contributed by atoms with E-state index in [1.54, 1.807) is 24.3 Å². The molecule has 0 spiro atoms. The van der Waals surface area contributed by atoms with Gasteiger partial charge in [0.25, 0.3) is 21.8 Å². The van der Waals surface area contributed by atoms with Gasteiger partial charge in [0, 0.05) is 6.54 Å². The minimum Gasteiger partial charge on any atom is -0.489 e. The van der Waals surface area contributed by atoms with Gasteiger partial charge in [-0.15, -0.1) is 0 Å². The van der Waals surface area contributed by atoms with Crippen LogP contribution >= 0.6 is 0 Å². The average molecular weight is 1110 g/mol. The molecule has 0 bridgehead atoms. The van der Waals surface area contributed by atoms with Gasteiger partial charge in [-0.3, -0.25) is 13.9 Å². The molecule has 440 valence electrons. The number of anilines is 1. The van der Waals surface area contributed by atoms with Crippen molar-refractivity contribution in [1.29, 1.82) is 0 Å². The normalized spacial score (nSPS) is 16.9. The van der Waals surface area contributed by atoms with Crippen LogP contribution in [0.1, 0.15) is 231 Å². The second-order valence-corrected chi connectivity index (χ2v) is 28.9. The lowest BCUT2D eigenvalue weighted by Gasteiger charge is -2.35. The van der Waals surface area contributed by atoms with E-state index in [2.05, 4.69) is 88.4 Å². The molecule has 4 atom stereocenters. The zero-order valence-corrected chi connectivity index (χ0v) is 52.0. The molecule has 3 aromatic rings. The molecule has 0 radical (unpaired) electrons. The molecular formula is C66H102N4O8S. The Morgan fingerprint density at radius 1 is 0.696 bits per heavy atom. The Labute approximate surface area is 478 Å². The van der Waals surface area contributed by atoms with Crippen LogP contribution in [0.2, 0.25) is 0 Å². The number of fused-ring (bicyclic) bond motifs is 1. The highest BCUT2D eigenvalue weighted by atomic mass is 32.2. The van der Waals surface area contributed by atoms with Crippen LogP contribution in [0.4, 0.5) is 16.2 Å². The average Bonchev–Trinajstić information content (AvgIpc) is 3.65. The van der Waals surface area contributed by atoms with Crippen molar-refractivity contribution in [3.05, 3.63) is 72.3 Å². The zero-order chi connectivity index (χ0) is 58.2. The first kappa shape index (κ1) is 64.9. The maximum Gasteiger partial charge on any atom is 0.418 e. The lowest BCUT2D eigenvalue weighted by molar-refractivity contribution is -0.137. The second-order valence-electron chi connectivity index (χ2n) is 27.0. The summed E-state index contributed by atoms with van der Waals surface area (Å²) in [5.74, 6) is 0.583. The molecule has 2 aliphatic heterocycles. The molecule has 79 heavy (non-hydrogen) atoms. The fourth-order valence-corrected chi connectivity index (χ4v) is 13.0. The van der Waals surface area contributed by atoms with Crippen molar-refractivity contribution in [3.63, 3.8) is 0 Å². The Morgan fingerprint density at radius 2 is 1.24 bits per heavy atom. The lowest BCUT2D eigenvalue weighted by Crippen LogP contribution is -2.59. The molecule has 0 aliphatic carbocycles. The topological polar surface area (TPSA) is 144 Å². The van der Waals surface area contributed by atoms with Crippen molar-refractivity contribution in [1.82, 2.24) is 9.21 Å². The molecule has 3 aromatic carbocycles. The summed E-state index contributed by atoms with van der Waals surface area (Å²) in [6.07, 6.45) is 21.8. The molecule has 1 saturated heterocycles. The third-order valence-corrected chi connectivity index (χ3v) is 17.4. The fraction of sp³-hybridized carbons (Fsp3) is 0.667. The Bertz CT molecular complexity index is 2590. The number of sulfonamides is 1. The highest BCUT2D eigenvalue weighted by molar-refractivity contribution is 7.90. The van der Waals surface area contributed by atoms with Crippen LogP contribution in [0.5, 0.6) is 17.2 Å². The summed E-state index contributed by atoms with van der Waals surface area (Å²) in [6, 6.07) is 17.5. The van der Waals surface area contributed by atoms with Crippen LogP contribution in [0.15, 0.2) is 76.6 Å². The number of carbonyl (C=O) groups is 3. The van der Waals surface area contributed by atoms with Gasteiger partial charge >= 0.3 is 6.09 Å². The van der Waals surface area contributed by atoms with Gasteiger partial charge in [-0.1, -0.05) is 216 Å². The molecular weight excluding hydrogens is 1010 g/mol. The summed E-state index contributed by atoms with van der Waals surface area (Å²) in [5, 5.41) is 3.02. The minimum absolute atomic E-state index is 0.0192. The first-order chi connectivity index (χ1) is 37.1. The number of cyclic esters (lactones) is 1. The maximum atomic E-state index is 15.5. The van der Waals surface area contributed by atoms with Crippen molar-refractivity contribution in [2.75, 3.05) is 18.5 Å². The molecule has 0 saturated carbocycles. The van der Waals surface area contributed by atoms with Gasteiger partial charge in [-0.25, -0.2) is 23.1 Å². The fourth-order valence-electron chi connectivity index (χ4n) is 11.3. The Balaban J connectivity index is 1.41. The summed E-state index contributed by atoms with van der Waals surface area (Å²) in [5.41, 5.74) is -0.415. The van der Waals surface area contributed by atoms with Gasteiger partial charge in [-0.2, -0.15) is 0 Å². The Morgan fingerprint density at radius 3 is 1.78 bits per heavy atom. The molecule has 3 amide bonds. The molecule has 0 aromatic heterocycles. The SMILES string of the molecule is CCCCCCCCCCCCCCCCCCN1C(C(C(=O)Nc2cc(C(C)(C)C)ccc2Oc2ccccc2OCC(CCC(C)CC(C)(C)C)C(C)CC(C)(C)C)N2C(=O)OC(C)(C)C2=O)=Nc2ccccc2S1(=O)=O. The number of imide groups is 1. The van der Waals surface area contributed by atoms with Gasteiger partial charge in [0.1, 0.15) is 4.90 Å². The number of aliphatic imine (C=N–C) groups is 1. The predicted octanol–water partition coefficient (Wildman–Crippen LogP) is 17.8. The van der Waals surface area contributed by atoms with Gasteiger partial charge in [0.15, 0.2) is 34.7 Å². The largest absolute Gasteiger partial charge is 0.489 e. The van der Waals surface area contributed by atoms with E-state index in [1.165, 1.54) is 90.5 Å². The van der Waals surface area contributed by atoms with E-state index in [0.717, 1.165) is 66.1 Å². The highest BCUT2D eigenvalue weighted by Gasteiger charge is 2.55.